The Kier molecular flexibility index (Phi) is 66.2. The molecule has 1 atom stereocenters. The molecule has 0 saturated heterocycles. The molecule has 75 heavy (non-hydrogen) atoms. The predicted molar refractivity (Wildman–Crippen MR) is 330 cm³/mol. The number of hydrogen-bond acceptors (Lipinski definition) is 5. The first kappa shape index (κ1) is 73.9. The van der Waals surface area contributed by atoms with E-state index in [1.807, 2.05) is 0 Å². The Morgan fingerprint density at radius 3 is 0.587 bits per heavy atom. The van der Waals surface area contributed by atoms with Gasteiger partial charge >= 0.3 is 11.9 Å². The van der Waals surface area contributed by atoms with Crippen LogP contribution in [0.4, 0.5) is 0 Å². The summed E-state index contributed by atoms with van der Waals surface area (Å²) in [5.41, 5.74) is 0. The Balaban J connectivity index is 3.35. The lowest BCUT2D eigenvalue weighted by atomic mass is 10.0. The first-order valence-electron chi connectivity index (χ1n) is 35.1. The van der Waals surface area contributed by atoms with Crippen LogP contribution in [0.25, 0.3) is 0 Å². The first-order valence-corrected chi connectivity index (χ1v) is 35.1. The molecule has 448 valence electrons. The molecule has 0 saturated carbocycles. The molecule has 0 aromatic rings. The van der Waals surface area contributed by atoms with Gasteiger partial charge in [0.1, 0.15) is 6.61 Å². The van der Waals surface area contributed by atoms with Crippen molar-refractivity contribution in [3.63, 3.8) is 0 Å². The lowest BCUT2D eigenvalue weighted by Crippen LogP contribution is -2.28. The molecule has 0 amide bonds. The fraction of sp³-hybridized carbons (Fsp3) is 0.971. The molecule has 0 aromatic heterocycles. The highest BCUT2D eigenvalue weighted by atomic mass is 16.6. The van der Waals surface area contributed by atoms with Crippen LogP contribution in [-0.2, 0) is 19.1 Å². The third-order valence-corrected chi connectivity index (χ3v) is 16.7. The smallest absolute Gasteiger partial charge is 0.306 e. The number of esters is 2. The number of carbonyl (C=O) groups excluding carboxylic acids is 2. The van der Waals surface area contributed by atoms with Gasteiger partial charge in [-0.2, -0.15) is 0 Å². The van der Waals surface area contributed by atoms with Crippen LogP contribution in [0.3, 0.4) is 0 Å². The molecule has 1 N–H and O–H groups in total. The second-order valence-electron chi connectivity index (χ2n) is 24.3. The van der Waals surface area contributed by atoms with E-state index < -0.39 is 6.10 Å². The van der Waals surface area contributed by atoms with E-state index in [2.05, 4.69) is 13.8 Å². The Morgan fingerprint density at radius 1 is 0.253 bits per heavy atom. The van der Waals surface area contributed by atoms with Gasteiger partial charge in [0.05, 0.1) is 6.61 Å². The number of ether oxygens (including phenoxy) is 2. The van der Waals surface area contributed by atoms with Crippen LogP contribution in [0, 0.1) is 0 Å². The largest absolute Gasteiger partial charge is 0.462 e. The fourth-order valence-corrected chi connectivity index (χ4v) is 11.4. The lowest BCUT2D eigenvalue weighted by molar-refractivity contribution is -0.161. The minimum absolute atomic E-state index is 0.0553. The van der Waals surface area contributed by atoms with E-state index in [4.69, 9.17) is 9.47 Å². The number of rotatable bonds is 67. The Morgan fingerprint density at radius 2 is 0.413 bits per heavy atom. The van der Waals surface area contributed by atoms with E-state index in [0.29, 0.717) is 12.8 Å². The molecule has 0 fully saturated rings. The summed E-state index contributed by atoms with van der Waals surface area (Å²) < 4.78 is 10.8. The van der Waals surface area contributed by atoms with E-state index in [1.165, 1.54) is 360 Å². The van der Waals surface area contributed by atoms with Crippen molar-refractivity contribution in [1.29, 1.82) is 0 Å². The maximum atomic E-state index is 12.4. The second kappa shape index (κ2) is 67.2. The van der Waals surface area contributed by atoms with Crippen molar-refractivity contribution in [2.45, 2.75) is 424 Å². The molecule has 5 heteroatoms. The molecule has 0 aliphatic heterocycles. The van der Waals surface area contributed by atoms with Crippen LogP contribution in [-0.4, -0.2) is 36.4 Å². The summed E-state index contributed by atoms with van der Waals surface area (Å²) in [6.07, 6.45) is 84.4. The van der Waals surface area contributed by atoms with Gasteiger partial charge in [0.2, 0.25) is 0 Å². The third kappa shape index (κ3) is 65.3. The number of carbonyl (C=O) groups is 2. The molecule has 0 aromatic carbocycles. The van der Waals surface area contributed by atoms with Crippen molar-refractivity contribution in [2.75, 3.05) is 13.2 Å². The molecule has 0 aliphatic carbocycles. The standard InChI is InChI=1S/C70H138O5/c1-3-5-7-9-11-13-15-17-19-21-23-25-27-29-31-33-35-37-39-41-43-45-47-49-51-53-55-57-59-61-63-65-70(73)75-68(66-71)67-74-69(72)64-62-60-58-56-54-52-50-48-46-44-42-40-38-36-34-32-30-28-26-24-22-20-18-16-14-12-10-8-6-4-2/h68,71H,3-67H2,1-2H3. The minimum atomic E-state index is -0.765. The Labute approximate surface area is 471 Å². The highest BCUT2D eigenvalue weighted by molar-refractivity contribution is 5.70. The maximum Gasteiger partial charge on any atom is 0.306 e. The van der Waals surface area contributed by atoms with Gasteiger partial charge < -0.3 is 14.6 Å². The van der Waals surface area contributed by atoms with Crippen LogP contribution in [0.2, 0.25) is 0 Å². The first-order chi connectivity index (χ1) is 37.1. The summed E-state index contributed by atoms with van der Waals surface area (Å²) in [4.78, 5) is 24.6. The van der Waals surface area contributed by atoms with Gasteiger partial charge in [-0.3, -0.25) is 9.59 Å². The fourth-order valence-electron chi connectivity index (χ4n) is 11.4. The number of unbranched alkanes of at least 4 members (excludes halogenated alkanes) is 59. The van der Waals surface area contributed by atoms with Crippen molar-refractivity contribution >= 4 is 11.9 Å². The number of aliphatic hydroxyl groups excluding tert-OH is 1. The predicted octanol–water partition coefficient (Wildman–Crippen LogP) is 24.0. The molecule has 0 rings (SSSR count). The zero-order valence-corrected chi connectivity index (χ0v) is 51.6. The van der Waals surface area contributed by atoms with Crippen LogP contribution in [0.1, 0.15) is 418 Å². The van der Waals surface area contributed by atoms with Gasteiger partial charge in [0.25, 0.3) is 0 Å². The number of aliphatic hydroxyl groups is 1. The number of hydrogen-bond donors (Lipinski definition) is 1. The van der Waals surface area contributed by atoms with Crippen LogP contribution in [0.5, 0.6) is 0 Å². The van der Waals surface area contributed by atoms with Gasteiger partial charge in [-0.05, 0) is 12.8 Å². The summed E-state index contributed by atoms with van der Waals surface area (Å²) in [7, 11) is 0. The molecule has 1 unspecified atom stereocenters. The van der Waals surface area contributed by atoms with Crippen molar-refractivity contribution in [1.82, 2.24) is 0 Å². The quantitative estimate of drug-likeness (QED) is 0.0485. The van der Waals surface area contributed by atoms with Crippen LogP contribution < -0.4 is 0 Å². The highest BCUT2D eigenvalue weighted by Gasteiger charge is 2.16. The average molecular weight is 1060 g/mol. The topological polar surface area (TPSA) is 72.8 Å². The zero-order valence-electron chi connectivity index (χ0n) is 51.6. The van der Waals surface area contributed by atoms with Gasteiger partial charge in [-0.15, -0.1) is 0 Å². The summed E-state index contributed by atoms with van der Waals surface area (Å²) in [5.74, 6) is -0.558. The summed E-state index contributed by atoms with van der Waals surface area (Å²) in [6.45, 7) is 4.23. The van der Waals surface area contributed by atoms with Gasteiger partial charge in [-0.25, -0.2) is 0 Å². The molecule has 5 nitrogen and oxygen atoms in total. The Hall–Kier alpha value is -1.10. The molecule has 0 radical (unpaired) electrons. The second-order valence-corrected chi connectivity index (χ2v) is 24.3. The Bertz CT molecular complexity index is 1060. The minimum Gasteiger partial charge on any atom is -0.462 e. The summed E-state index contributed by atoms with van der Waals surface area (Å²) in [6, 6.07) is 0. The highest BCUT2D eigenvalue weighted by Crippen LogP contribution is 2.20. The van der Waals surface area contributed by atoms with Crippen molar-refractivity contribution in [3.8, 4) is 0 Å². The summed E-state index contributed by atoms with van der Waals surface area (Å²) >= 11 is 0. The summed E-state index contributed by atoms with van der Waals surface area (Å²) in [5, 5.41) is 9.70. The van der Waals surface area contributed by atoms with Gasteiger partial charge in [0.15, 0.2) is 6.10 Å². The van der Waals surface area contributed by atoms with Gasteiger partial charge in [-0.1, -0.05) is 393 Å². The zero-order chi connectivity index (χ0) is 54.1. The van der Waals surface area contributed by atoms with Crippen molar-refractivity contribution in [3.05, 3.63) is 0 Å². The monoisotopic (exact) mass is 1060 g/mol. The molecular formula is C70H138O5. The molecule has 0 heterocycles. The average Bonchev–Trinajstić information content (AvgIpc) is 3.41. The molecule has 0 spiro atoms. The SMILES string of the molecule is CCCCCCCCCCCCCCCCCCCCCCCCCCCCCCCCCC(=O)OC(CO)COC(=O)CCCCCCCCCCCCCCCCCCCCCCCCCCCCCCCC. The van der Waals surface area contributed by atoms with E-state index in [9.17, 15) is 14.7 Å². The van der Waals surface area contributed by atoms with Gasteiger partial charge in [0, 0.05) is 12.8 Å². The van der Waals surface area contributed by atoms with Crippen LogP contribution in [0.15, 0.2) is 0 Å². The van der Waals surface area contributed by atoms with E-state index in [-0.39, 0.29) is 25.2 Å². The third-order valence-electron chi connectivity index (χ3n) is 16.7. The normalized spacial score (nSPS) is 12.0. The molecular weight excluding hydrogens is 921 g/mol. The van der Waals surface area contributed by atoms with Crippen molar-refractivity contribution in [2.24, 2.45) is 0 Å². The van der Waals surface area contributed by atoms with E-state index >= 15 is 0 Å². The molecule has 0 aliphatic rings. The van der Waals surface area contributed by atoms with Crippen molar-refractivity contribution < 1.29 is 24.2 Å². The van der Waals surface area contributed by atoms with E-state index in [1.54, 1.807) is 0 Å². The maximum absolute atomic E-state index is 12.4. The lowest BCUT2D eigenvalue weighted by Gasteiger charge is -2.15. The van der Waals surface area contributed by atoms with Crippen LogP contribution >= 0.6 is 0 Å². The van der Waals surface area contributed by atoms with E-state index in [0.717, 1.165) is 32.1 Å². The molecule has 0 bridgehead atoms.